The Bertz CT molecular complexity index is 1720. The molecule has 0 rings (SSSR count). The normalized spacial score (nSPS) is 14.0. The first-order valence-corrected chi connectivity index (χ1v) is 32.2. The number of hydrogen-bond donors (Lipinski definition) is 2. The van der Waals surface area contributed by atoms with E-state index in [1.54, 1.807) is 0 Å². The second-order valence-electron chi connectivity index (χ2n) is 19.8. The van der Waals surface area contributed by atoms with E-state index in [1.165, 1.54) is 96.3 Å². The maximum atomic E-state index is 12.7. The van der Waals surface area contributed by atoms with Gasteiger partial charge in [0.25, 0.3) is 0 Å². The number of carbonyl (C=O) groups is 2. The third-order valence-corrected chi connectivity index (χ3v) is 13.5. The molecule has 0 aliphatic carbocycles. The highest BCUT2D eigenvalue weighted by Crippen LogP contribution is 2.43. The molecule has 0 aliphatic heterocycles. The lowest BCUT2D eigenvalue weighted by molar-refractivity contribution is -0.161. The number of hydrogen-bond acceptors (Lipinski definition) is 8. The molecule has 2 unspecified atom stereocenters. The van der Waals surface area contributed by atoms with Crippen LogP contribution in [-0.4, -0.2) is 49.3 Å². The number of nitrogens with two attached hydrogens (primary N) is 1. The molecule has 2 atom stereocenters. The molecule has 0 aromatic heterocycles. The smallest absolute Gasteiger partial charge is 0.462 e. The monoisotopic (exact) mass is 1090 g/mol. The molecule has 0 amide bonds. The van der Waals surface area contributed by atoms with E-state index < -0.39 is 26.5 Å². The second kappa shape index (κ2) is 61.4. The van der Waals surface area contributed by atoms with Crippen LogP contribution in [0.4, 0.5) is 0 Å². The van der Waals surface area contributed by atoms with Crippen molar-refractivity contribution >= 4 is 19.8 Å². The Labute approximate surface area is 472 Å². The van der Waals surface area contributed by atoms with Gasteiger partial charge in [-0.3, -0.25) is 18.6 Å². The Balaban J connectivity index is 4.01. The largest absolute Gasteiger partial charge is 0.472 e. The summed E-state index contributed by atoms with van der Waals surface area (Å²) >= 11 is 0. The zero-order chi connectivity index (χ0) is 55.9. The van der Waals surface area contributed by atoms with Crippen LogP contribution in [0.25, 0.3) is 0 Å². The standard InChI is InChI=1S/C67H112NO8P/c1-3-5-7-9-11-13-15-17-19-21-23-25-27-29-30-31-32-33-34-36-38-40-42-44-46-48-50-52-54-56-58-60-67(70)76-65(64-75-77(71,72)74-62-61-68)63-73-66(69)59-57-55-53-51-49-47-45-43-41-39-37-35-28-26-24-22-20-18-16-14-12-10-8-6-4-2/h5-8,11-14,17-20,23-26,29-30,32-33,36,38,65H,3-4,9-10,15-16,21-22,27-28,31,34-35,37,39-64,68H2,1-2H3,(H,71,72)/b7-5-,8-6-,13-11-,14-12-,19-17-,20-18-,25-23-,26-24-,30-29-,33-32-,38-36-. The van der Waals surface area contributed by atoms with Crippen molar-refractivity contribution in [3.63, 3.8) is 0 Å². The van der Waals surface area contributed by atoms with Crippen LogP contribution in [0, 0.1) is 0 Å². The summed E-state index contributed by atoms with van der Waals surface area (Å²) in [6.07, 6.45) is 86.5. The van der Waals surface area contributed by atoms with Gasteiger partial charge in [0.2, 0.25) is 0 Å². The maximum absolute atomic E-state index is 12.7. The molecule has 0 aliphatic rings. The molecule has 0 fully saturated rings. The van der Waals surface area contributed by atoms with E-state index in [2.05, 4.69) is 148 Å². The zero-order valence-corrected chi connectivity index (χ0v) is 49.8. The van der Waals surface area contributed by atoms with Crippen molar-refractivity contribution in [3.8, 4) is 0 Å². The summed E-state index contributed by atoms with van der Waals surface area (Å²) in [4.78, 5) is 35.3. The summed E-state index contributed by atoms with van der Waals surface area (Å²) in [7, 11) is -4.40. The number of ether oxygens (including phenoxy) is 2. The number of phosphoric ester groups is 1. The molecule has 3 N–H and O–H groups in total. The van der Waals surface area contributed by atoms with Gasteiger partial charge >= 0.3 is 19.8 Å². The lowest BCUT2D eigenvalue weighted by atomic mass is 10.0. The highest BCUT2D eigenvalue weighted by atomic mass is 31.2. The van der Waals surface area contributed by atoms with Crippen LogP contribution in [0.2, 0.25) is 0 Å². The van der Waals surface area contributed by atoms with Crippen molar-refractivity contribution in [2.24, 2.45) is 5.73 Å². The maximum Gasteiger partial charge on any atom is 0.472 e. The first-order valence-electron chi connectivity index (χ1n) is 30.7. The van der Waals surface area contributed by atoms with E-state index in [4.69, 9.17) is 24.3 Å². The van der Waals surface area contributed by atoms with Gasteiger partial charge in [0, 0.05) is 19.4 Å². The lowest BCUT2D eigenvalue weighted by Crippen LogP contribution is -2.29. The first kappa shape index (κ1) is 73.2. The van der Waals surface area contributed by atoms with Crippen molar-refractivity contribution in [2.45, 2.75) is 251 Å². The van der Waals surface area contributed by atoms with Gasteiger partial charge in [-0.2, -0.15) is 0 Å². The van der Waals surface area contributed by atoms with E-state index >= 15 is 0 Å². The van der Waals surface area contributed by atoms with E-state index in [9.17, 15) is 19.0 Å². The van der Waals surface area contributed by atoms with Gasteiger partial charge in [0.05, 0.1) is 13.2 Å². The molecule has 0 bridgehead atoms. The van der Waals surface area contributed by atoms with E-state index in [0.29, 0.717) is 6.42 Å². The minimum Gasteiger partial charge on any atom is -0.462 e. The molecule has 9 nitrogen and oxygen atoms in total. The van der Waals surface area contributed by atoms with Crippen molar-refractivity contribution in [2.75, 3.05) is 26.4 Å². The molecular formula is C67H112NO8P. The topological polar surface area (TPSA) is 134 Å². The second-order valence-corrected chi connectivity index (χ2v) is 21.3. The molecule has 0 saturated carbocycles. The van der Waals surface area contributed by atoms with Crippen LogP contribution in [0.3, 0.4) is 0 Å². The fraction of sp³-hybridized carbons (Fsp3) is 0.642. The number of rotatable bonds is 56. The Hall–Kier alpha value is -3.85. The number of esters is 2. The van der Waals surface area contributed by atoms with Gasteiger partial charge in [-0.1, -0.05) is 257 Å². The Kier molecular flexibility index (Phi) is 58.3. The summed E-state index contributed by atoms with van der Waals surface area (Å²) in [5, 5.41) is 0. The molecule has 0 heterocycles. The fourth-order valence-corrected chi connectivity index (χ4v) is 8.84. The number of allylic oxidation sites excluding steroid dienone is 22. The highest BCUT2D eigenvalue weighted by molar-refractivity contribution is 7.47. The van der Waals surface area contributed by atoms with Crippen LogP contribution in [0.5, 0.6) is 0 Å². The van der Waals surface area contributed by atoms with Gasteiger partial charge in [-0.05, 0) is 109 Å². The Morgan fingerprint density at radius 1 is 0.390 bits per heavy atom. The Morgan fingerprint density at radius 3 is 1.00 bits per heavy atom. The van der Waals surface area contributed by atoms with Crippen LogP contribution < -0.4 is 5.73 Å². The number of carbonyl (C=O) groups excluding carboxylic acids is 2. The quantitative estimate of drug-likeness (QED) is 0.0264. The third-order valence-electron chi connectivity index (χ3n) is 12.5. The summed E-state index contributed by atoms with van der Waals surface area (Å²) in [5.41, 5.74) is 5.39. The molecule has 77 heavy (non-hydrogen) atoms. The summed E-state index contributed by atoms with van der Waals surface area (Å²) < 4.78 is 33.1. The van der Waals surface area contributed by atoms with Crippen molar-refractivity contribution in [1.29, 1.82) is 0 Å². The van der Waals surface area contributed by atoms with Gasteiger partial charge in [-0.25, -0.2) is 4.57 Å². The lowest BCUT2D eigenvalue weighted by Gasteiger charge is -2.19. The number of phosphoric acid groups is 1. The van der Waals surface area contributed by atoms with Crippen LogP contribution in [0.15, 0.2) is 134 Å². The van der Waals surface area contributed by atoms with Gasteiger partial charge < -0.3 is 20.1 Å². The molecule has 10 heteroatoms. The third kappa shape index (κ3) is 61.2. The van der Waals surface area contributed by atoms with E-state index in [1.807, 2.05) is 0 Å². The van der Waals surface area contributed by atoms with Crippen LogP contribution in [0.1, 0.15) is 245 Å². The molecule has 0 radical (unpaired) electrons. The first-order chi connectivity index (χ1) is 37.8. The highest BCUT2D eigenvalue weighted by Gasteiger charge is 2.26. The predicted octanol–water partition coefficient (Wildman–Crippen LogP) is 19.7. The molecule has 438 valence electrons. The summed E-state index contributed by atoms with van der Waals surface area (Å²) in [6.45, 7) is 3.51. The van der Waals surface area contributed by atoms with Crippen molar-refractivity contribution < 1.29 is 37.6 Å². The molecule has 0 aromatic carbocycles. The fourth-order valence-electron chi connectivity index (χ4n) is 8.08. The minimum absolute atomic E-state index is 0.0457. The zero-order valence-electron chi connectivity index (χ0n) is 48.9. The van der Waals surface area contributed by atoms with Crippen molar-refractivity contribution in [1.82, 2.24) is 0 Å². The minimum atomic E-state index is -4.40. The predicted molar refractivity (Wildman–Crippen MR) is 330 cm³/mol. The van der Waals surface area contributed by atoms with Crippen LogP contribution in [-0.2, 0) is 32.7 Å². The van der Waals surface area contributed by atoms with E-state index in [-0.39, 0.29) is 38.6 Å². The van der Waals surface area contributed by atoms with Crippen molar-refractivity contribution in [3.05, 3.63) is 134 Å². The molecule has 0 aromatic rings. The van der Waals surface area contributed by atoms with E-state index in [0.717, 1.165) is 116 Å². The summed E-state index contributed by atoms with van der Waals surface area (Å²) in [5.74, 6) is -0.842. The van der Waals surface area contributed by atoms with Gasteiger partial charge in [-0.15, -0.1) is 0 Å². The molecule has 0 saturated heterocycles. The average Bonchev–Trinajstić information content (AvgIpc) is 3.42. The summed E-state index contributed by atoms with van der Waals surface area (Å²) in [6, 6.07) is 0. The molecule has 0 spiro atoms. The Morgan fingerprint density at radius 2 is 0.675 bits per heavy atom. The SMILES string of the molecule is CC/C=C\C/C=C\C/C=C\C/C=C\C/C=C\C/C=C\C/C=C\CCCCCCCCCCCC(=O)OC(COC(=O)CCCCCCCCCCCCCC/C=C\C/C=C\C/C=C\C/C=C\CC)COP(=O)(O)OCCN. The average molecular weight is 1090 g/mol. The molecular weight excluding hydrogens is 978 g/mol. The number of unbranched alkanes of at least 4 members (excludes halogenated alkanes) is 21. The van der Waals surface area contributed by atoms with Crippen LogP contribution >= 0.6 is 7.82 Å². The van der Waals surface area contributed by atoms with Gasteiger partial charge in [0.1, 0.15) is 6.61 Å². The van der Waals surface area contributed by atoms with Gasteiger partial charge in [0.15, 0.2) is 6.10 Å².